The number of fused-ring (bicyclic) bond motifs is 1. The maximum atomic E-state index is 12.6. The Hall–Kier alpha value is -3.13. The molecule has 4 aromatic carbocycles. The van der Waals surface area contributed by atoms with Crippen LogP contribution in [0, 0.1) is 0 Å². The van der Waals surface area contributed by atoms with E-state index in [1.807, 2.05) is 24.3 Å². The van der Waals surface area contributed by atoms with Gasteiger partial charge in [0.05, 0.1) is 6.42 Å². The SMILES string of the molecule is O=C(Cc1ccc2ccccc2c1)Nc1ccc2c3c(cccc13)CC2. The predicted octanol–water partition coefficient (Wildman–Crippen LogP) is 5.27. The monoisotopic (exact) mass is 337 g/mol. The molecule has 0 saturated carbocycles. The number of carbonyl (C=O) groups is 1. The highest BCUT2D eigenvalue weighted by atomic mass is 16.1. The van der Waals surface area contributed by atoms with Crippen molar-refractivity contribution in [3.05, 3.63) is 89.5 Å². The van der Waals surface area contributed by atoms with E-state index in [1.54, 1.807) is 0 Å². The summed E-state index contributed by atoms with van der Waals surface area (Å²) in [4.78, 5) is 12.6. The van der Waals surface area contributed by atoms with E-state index >= 15 is 0 Å². The van der Waals surface area contributed by atoms with Gasteiger partial charge >= 0.3 is 0 Å². The standard InChI is InChI=1S/C24H19NO/c26-23(15-16-8-9-17-4-1-2-5-20(17)14-16)25-22-13-12-19-11-10-18-6-3-7-21(22)24(18)19/h1-9,12-14H,10-11,15H2,(H,25,26). The molecule has 0 fully saturated rings. The van der Waals surface area contributed by atoms with Crippen molar-refractivity contribution in [1.29, 1.82) is 0 Å². The van der Waals surface area contributed by atoms with Gasteiger partial charge < -0.3 is 5.32 Å². The van der Waals surface area contributed by atoms with Gasteiger partial charge in [0.2, 0.25) is 5.91 Å². The molecule has 1 amide bonds. The van der Waals surface area contributed by atoms with Crippen LogP contribution in [0.5, 0.6) is 0 Å². The first-order valence-corrected chi connectivity index (χ1v) is 9.09. The van der Waals surface area contributed by atoms with E-state index in [1.165, 1.54) is 27.3 Å². The van der Waals surface area contributed by atoms with Gasteiger partial charge in [0.25, 0.3) is 0 Å². The second kappa shape index (κ2) is 5.99. The fraction of sp³-hybridized carbons (Fsp3) is 0.125. The summed E-state index contributed by atoms with van der Waals surface area (Å²) in [7, 11) is 0. The Morgan fingerprint density at radius 2 is 1.62 bits per heavy atom. The van der Waals surface area contributed by atoms with E-state index in [0.717, 1.165) is 29.5 Å². The van der Waals surface area contributed by atoms with Gasteiger partial charge in [-0.25, -0.2) is 0 Å². The summed E-state index contributed by atoms with van der Waals surface area (Å²) in [5.41, 5.74) is 4.73. The number of carbonyl (C=O) groups excluding carboxylic acids is 1. The van der Waals surface area contributed by atoms with E-state index in [-0.39, 0.29) is 5.91 Å². The Bertz CT molecular complexity index is 1150. The van der Waals surface area contributed by atoms with E-state index in [2.05, 4.69) is 53.8 Å². The summed E-state index contributed by atoms with van der Waals surface area (Å²) < 4.78 is 0. The number of hydrogen-bond donors (Lipinski definition) is 1. The second-order valence-electron chi connectivity index (χ2n) is 7.02. The minimum atomic E-state index is 0.0268. The molecule has 0 spiro atoms. The lowest BCUT2D eigenvalue weighted by atomic mass is 10.0. The lowest BCUT2D eigenvalue weighted by Crippen LogP contribution is -2.14. The first-order chi connectivity index (χ1) is 12.8. The Labute approximate surface area is 152 Å². The average molecular weight is 337 g/mol. The van der Waals surface area contributed by atoms with E-state index in [9.17, 15) is 4.79 Å². The van der Waals surface area contributed by atoms with E-state index in [4.69, 9.17) is 0 Å². The van der Waals surface area contributed by atoms with Gasteiger partial charge in [0.15, 0.2) is 0 Å². The number of amides is 1. The maximum Gasteiger partial charge on any atom is 0.228 e. The highest BCUT2D eigenvalue weighted by molar-refractivity contribution is 6.05. The van der Waals surface area contributed by atoms with Crippen molar-refractivity contribution in [2.45, 2.75) is 19.3 Å². The summed E-state index contributed by atoms with van der Waals surface area (Å²) in [6.45, 7) is 0. The van der Waals surface area contributed by atoms with Crippen LogP contribution in [0.4, 0.5) is 5.69 Å². The fourth-order valence-corrected chi connectivity index (χ4v) is 4.08. The molecule has 0 unspecified atom stereocenters. The van der Waals surface area contributed by atoms with Gasteiger partial charge in [-0.2, -0.15) is 0 Å². The molecule has 126 valence electrons. The van der Waals surface area contributed by atoms with Crippen molar-refractivity contribution in [2.75, 3.05) is 5.32 Å². The van der Waals surface area contributed by atoms with Crippen molar-refractivity contribution in [3.8, 4) is 0 Å². The molecule has 0 radical (unpaired) electrons. The highest BCUT2D eigenvalue weighted by Gasteiger charge is 2.16. The Balaban J connectivity index is 1.43. The summed E-state index contributed by atoms with van der Waals surface area (Å²) in [6.07, 6.45) is 2.58. The van der Waals surface area contributed by atoms with Gasteiger partial charge in [-0.1, -0.05) is 66.7 Å². The zero-order valence-electron chi connectivity index (χ0n) is 14.5. The van der Waals surface area contributed by atoms with Crippen LogP contribution >= 0.6 is 0 Å². The van der Waals surface area contributed by atoms with E-state index < -0.39 is 0 Å². The van der Waals surface area contributed by atoms with Crippen LogP contribution in [-0.2, 0) is 24.1 Å². The zero-order chi connectivity index (χ0) is 17.5. The molecule has 0 atom stereocenters. The average Bonchev–Trinajstić information content (AvgIpc) is 3.09. The molecule has 0 bridgehead atoms. The number of hydrogen-bond acceptors (Lipinski definition) is 1. The van der Waals surface area contributed by atoms with Gasteiger partial charge in [-0.3, -0.25) is 4.79 Å². The molecular weight excluding hydrogens is 318 g/mol. The predicted molar refractivity (Wildman–Crippen MR) is 108 cm³/mol. The zero-order valence-corrected chi connectivity index (χ0v) is 14.5. The Kier molecular flexibility index (Phi) is 3.49. The van der Waals surface area contributed by atoms with Crippen LogP contribution < -0.4 is 5.32 Å². The quantitative estimate of drug-likeness (QED) is 0.542. The van der Waals surface area contributed by atoms with Gasteiger partial charge in [-0.15, -0.1) is 0 Å². The topological polar surface area (TPSA) is 29.1 Å². The molecule has 4 aromatic rings. The molecule has 1 aliphatic rings. The van der Waals surface area contributed by atoms with Crippen LogP contribution in [0.15, 0.2) is 72.8 Å². The van der Waals surface area contributed by atoms with Crippen LogP contribution in [-0.4, -0.2) is 5.91 Å². The molecule has 2 nitrogen and oxygen atoms in total. The number of nitrogens with one attached hydrogen (secondary N) is 1. The van der Waals surface area contributed by atoms with E-state index in [0.29, 0.717) is 6.42 Å². The van der Waals surface area contributed by atoms with Gasteiger partial charge in [0.1, 0.15) is 0 Å². The Morgan fingerprint density at radius 3 is 2.50 bits per heavy atom. The molecule has 0 saturated heterocycles. The fourth-order valence-electron chi connectivity index (χ4n) is 4.08. The molecule has 0 heterocycles. The number of anilines is 1. The first-order valence-electron chi connectivity index (χ1n) is 9.09. The minimum absolute atomic E-state index is 0.0268. The molecule has 1 N–H and O–H groups in total. The molecule has 0 aromatic heterocycles. The third-order valence-corrected chi connectivity index (χ3v) is 5.33. The molecule has 0 aliphatic heterocycles. The van der Waals surface area contributed by atoms with Crippen LogP contribution in [0.1, 0.15) is 16.7 Å². The molecule has 5 rings (SSSR count). The lowest BCUT2D eigenvalue weighted by molar-refractivity contribution is -0.115. The van der Waals surface area contributed by atoms with Crippen molar-refractivity contribution in [1.82, 2.24) is 0 Å². The third kappa shape index (κ3) is 2.55. The third-order valence-electron chi connectivity index (χ3n) is 5.33. The first kappa shape index (κ1) is 15.2. The summed E-state index contributed by atoms with van der Waals surface area (Å²) in [5.74, 6) is 0.0268. The number of rotatable bonds is 3. The number of benzene rings is 4. The molecule has 26 heavy (non-hydrogen) atoms. The van der Waals surface area contributed by atoms with Crippen molar-refractivity contribution < 1.29 is 4.79 Å². The molecule has 2 heteroatoms. The minimum Gasteiger partial charge on any atom is -0.325 e. The highest BCUT2D eigenvalue weighted by Crippen LogP contribution is 2.35. The van der Waals surface area contributed by atoms with Crippen LogP contribution in [0.2, 0.25) is 0 Å². The normalized spacial score (nSPS) is 12.6. The second-order valence-corrected chi connectivity index (χ2v) is 7.02. The Morgan fingerprint density at radius 1 is 0.808 bits per heavy atom. The van der Waals surface area contributed by atoms with Crippen molar-refractivity contribution in [3.63, 3.8) is 0 Å². The maximum absolute atomic E-state index is 12.6. The summed E-state index contributed by atoms with van der Waals surface area (Å²) >= 11 is 0. The number of aryl methyl sites for hydroxylation is 2. The largest absolute Gasteiger partial charge is 0.325 e. The van der Waals surface area contributed by atoms with Gasteiger partial charge in [-0.05, 0) is 51.8 Å². The smallest absolute Gasteiger partial charge is 0.228 e. The van der Waals surface area contributed by atoms with Crippen molar-refractivity contribution >= 4 is 33.1 Å². The summed E-state index contributed by atoms with van der Waals surface area (Å²) in [5, 5.41) is 7.98. The van der Waals surface area contributed by atoms with Crippen molar-refractivity contribution in [2.24, 2.45) is 0 Å². The van der Waals surface area contributed by atoms with Crippen LogP contribution in [0.3, 0.4) is 0 Å². The lowest BCUT2D eigenvalue weighted by Gasteiger charge is -2.11. The molecule has 1 aliphatic carbocycles. The summed E-state index contributed by atoms with van der Waals surface area (Å²) in [6, 6.07) is 25.0. The van der Waals surface area contributed by atoms with Gasteiger partial charge in [0, 0.05) is 11.1 Å². The van der Waals surface area contributed by atoms with Crippen LogP contribution in [0.25, 0.3) is 21.5 Å². The molecular formula is C24H19NO.